The summed E-state index contributed by atoms with van der Waals surface area (Å²) in [5.74, 6) is 1.68. The van der Waals surface area contributed by atoms with E-state index in [-0.39, 0.29) is 5.78 Å². The van der Waals surface area contributed by atoms with E-state index in [4.69, 9.17) is 4.74 Å². The minimum absolute atomic E-state index is 0.188. The van der Waals surface area contributed by atoms with E-state index in [0.717, 1.165) is 36.7 Å². The smallest absolute Gasteiger partial charge is 0.162 e. The molecule has 0 spiro atoms. The molecule has 1 aliphatic rings. The first-order valence-electron chi connectivity index (χ1n) is 6.66. The molecule has 0 saturated heterocycles. The molecular weight excluding hydrogens is 226 g/mol. The number of hydrogen-bond acceptors (Lipinski definition) is 3. The fourth-order valence-electron chi connectivity index (χ4n) is 2.28. The lowest BCUT2D eigenvalue weighted by Gasteiger charge is -2.32. The van der Waals surface area contributed by atoms with E-state index < -0.39 is 0 Å². The van der Waals surface area contributed by atoms with Crippen LogP contribution in [-0.4, -0.2) is 25.5 Å². The average Bonchev–Trinajstić information content (AvgIpc) is 2.37. The number of nitrogens with zero attached hydrogens (tertiary/aromatic N) is 1. The summed E-state index contributed by atoms with van der Waals surface area (Å²) in [6.07, 6.45) is 0.545. The number of carbonyl (C=O) groups excluding carboxylic acids is 1. The number of fused-ring (bicyclic) bond motifs is 1. The second-order valence-electron chi connectivity index (χ2n) is 5.15. The lowest BCUT2D eigenvalue weighted by molar-refractivity contribution is 0.0988. The van der Waals surface area contributed by atoms with Crippen LogP contribution in [0.4, 0.5) is 5.69 Å². The number of benzene rings is 1. The zero-order valence-corrected chi connectivity index (χ0v) is 11.4. The zero-order chi connectivity index (χ0) is 13.1. The van der Waals surface area contributed by atoms with Crippen molar-refractivity contribution < 1.29 is 9.53 Å². The molecule has 0 amide bonds. The van der Waals surface area contributed by atoms with Gasteiger partial charge in [-0.3, -0.25) is 4.79 Å². The van der Waals surface area contributed by atoms with Gasteiger partial charge < -0.3 is 9.64 Å². The van der Waals surface area contributed by atoms with Gasteiger partial charge in [0.05, 0.1) is 12.2 Å². The van der Waals surface area contributed by atoms with Crippen LogP contribution in [0, 0.1) is 5.92 Å². The van der Waals surface area contributed by atoms with Crippen molar-refractivity contribution in [1.82, 2.24) is 0 Å². The van der Waals surface area contributed by atoms with Gasteiger partial charge in [0.15, 0.2) is 5.78 Å². The van der Waals surface area contributed by atoms with E-state index >= 15 is 0 Å². The summed E-state index contributed by atoms with van der Waals surface area (Å²) in [4.78, 5) is 14.1. The normalized spacial score (nSPS) is 14.3. The van der Waals surface area contributed by atoms with Gasteiger partial charge >= 0.3 is 0 Å². The van der Waals surface area contributed by atoms with Crippen LogP contribution in [0.5, 0.6) is 5.75 Å². The number of Topliss-reactive ketones (excluding diaryl/α,β-unsaturated/α-hetero) is 1. The standard InChI is InChI=1S/C15H21NO2/c1-4-14(17)12-5-6-15-13(9-12)16(7-8-18-15)10-11(2)3/h5-6,9,11H,4,7-8,10H2,1-3H3. The van der Waals surface area contributed by atoms with Crippen molar-refractivity contribution in [3.05, 3.63) is 23.8 Å². The van der Waals surface area contributed by atoms with Crippen LogP contribution in [0.1, 0.15) is 37.6 Å². The maximum Gasteiger partial charge on any atom is 0.162 e. The SMILES string of the molecule is CCC(=O)c1ccc2c(c1)N(CC(C)C)CCO2. The van der Waals surface area contributed by atoms with Gasteiger partial charge in [-0.25, -0.2) is 0 Å². The molecule has 18 heavy (non-hydrogen) atoms. The molecular formula is C15H21NO2. The molecule has 0 radical (unpaired) electrons. The third-order valence-corrected chi connectivity index (χ3v) is 3.15. The maximum absolute atomic E-state index is 11.8. The van der Waals surface area contributed by atoms with Gasteiger partial charge in [0.2, 0.25) is 0 Å². The Balaban J connectivity index is 2.32. The molecule has 1 aliphatic heterocycles. The zero-order valence-electron chi connectivity index (χ0n) is 11.4. The third kappa shape index (κ3) is 2.66. The Morgan fingerprint density at radius 3 is 2.89 bits per heavy atom. The monoisotopic (exact) mass is 247 g/mol. The molecule has 0 fully saturated rings. The highest BCUT2D eigenvalue weighted by molar-refractivity contribution is 5.97. The molecule has 0 unspecified atom stereocenters. The van der Waals surface area contributed by atoms with Crippen LogP contribution in [0.15, 0.2) is 18.2 Å². The lowest BCUT2D eigenvalue weighted by atomic mass is 10.1. The van der Waals surface area contributed by atoms with Crippen molar-refractivity contribution in [1.29, 1.82) is 0 Å². The van der Waals surface area contributed by atoms with E-state index in [1.54, 1.807) is 0 Å². The summed E-state index contributed by atoms with van der Waals surface area (Å²) in [6.45, 7) is 8.92. The van der Waals surface area contributed by atoms with Crippen molar-refractivity contribution in [2.45, 2.75) is 27.2 Å². The lowest BCUT2D eigenvalue weighted by Crippen LogP contribution is -2.35. The highest BCUT2D eigenvalue weighted by atomic mass is 16.5. The Labute approximate surface area is 109 Å². The number of ether oxygens (including phenoxy) is 1. The Bertz CT molecular complexity index is 440. The quantitative estimate of drug-likeness (QED) is 0.766. The van der Waals surface area contributed by atoms with Crippen LogP contribution in [0.3, 0.4) is 0 Å². The fraction of sp³-hybridized carbons (Fsp3) is 0.533. The highest BCUT2D eigenvalue weighted by Gasteiger charge is 2.20. The predicted octanol–water partition coefficient (Wildman–Crippen LogP) is 3.13. The maximum atomic E-state index is 11.8. The molecule has 0 aliphatic carbocycles. The predicted molar refractivity (Wildman–Crippen MR) is 73.6 cm³/mol. The topological polar surface area (TPSA) is 29.5 Å². The molecule has 1 aromatic carbocycles. The molecule has 1 aromatic rings. The Hall–Kier alpha value is -1.51. The van der Waals surface area contributed by atoms with Crippen molar-refractivity contribution in [2.24, 2.45) is 5.92 Å². The molecule has 3 heteroatoms. The molecule has 0 N–H and O–H groups in total. The van der Waals surface area contributed by atoms with E-state index in [0.29, 0.717) is 12.3 Å². The molecule has 3 nitrogen and oxygen atoms in total. The van der Waals surface area contributed by atoms with Crippen LogP contribution in [-0.2, 0) is 0 Å². The summed E-state index contributed by atoms with van der Waals surface area (Å²) in [7, 11) is 0. The molecule has 0 aromatic heterocycles. The van der Waals surface area contributed by atoms with E-state index in [9.17, 15) is 4.79 Å². The Kier molecular flexibility index (Phi) is 3.90. The highest BCUT2D eigenvalue weighted by Crippen LogP contribution is 2.33. The number of carbonyl (C=O) groups is 1. The summed E-state index contributed by atoms with van der Waals surface area (Å²) < 4.78 is 5.65. The molecule has 0 saturated carbocycles. The first kappa shape index (κ1) is 12.9. The van der Waals surface area contributed by atoms with Crippen molar-refractivity contribution >= 4 is 11.5 Å². The number of hydrogen-bond donors (Lipinski definition) is 0. The third-order valence-electron chi connectivity index (χ3n) is 3.15. The van der Waals surface area contributed by atoms with Gasteiger partial charge in [-0.05, 0) is 24.1 Å². The number of anilines is 1. The first-order valence-corrected chi connectivity index (χ1v) is 6.66. The average molecular weight is 247 g/mol. The van der Waals surface area contributed by atoms with Crippen molar-refractivity contribution in [2.75, 3.05) is 24.6 Å². The first-order chi connectivity index (χ1) is 8.61. The van der Waals surface area contributed by atoms with Gasteiger partial charge in [0, 0.05) is 18.5 Å². The van der Waals surface area contributed by atoms with E-state index in [2.05, 4.69) is 18.7 Å². The summed E-state index contributed by atoms with van der Waals surface area (Å²) >= 11 is 0. The second kappa shape index (κ2) is 5.42. The molecule has 1 heterocycles. The van der Waals surface area contributed by atoms with Gasteiger partial charge in [0.1, 0.15) is 12.4 Å². The van der Waals surface area contributed by atoms with Gasteiger partial charge in [0.25, 0.3) is 0 Å². The number of ketones is 1. The molecule has 2 rings (SSSR count). The molecule has 0 atom stereocenters. The Morgan fingerprint density at radius 2 is 2.22 bits per heavy atom. The van der Waals surface area contributed by atoms with Gasteiger partial charge in [-0.15, -0.1) is 0 Å². The van der Waals surface area contributed by atoms with Crippen molar-refractivity contribution in [3.8, 4) is 5.75 Å². The van der Waals surface area contributed by atoms with Crippen LogP contribution in [0.25, 0.3) is 0 Å². The minimum Gasteiger partial charge on any atom is -0.490 e. The van der Waals surface area contributed by atoms with E-state index in [1.165, 1.54) is 0 Å². The van der Waals surface area contributed by atoms with Gasteiger partial charge in [-0.2, -0.15) is 0 Å². The summed E-state index contributed by atoms with van der Waals surface area (Å²) in [5, 5.41) is 0. The summed E-state index contributed by atoms with van der Waals surface area (Å²) in [6, 6.07) is 5.76. The Morgan fingerprint density at radius 1 is 1.44 bits per heavy atom. The van der Waals surface area contributed by atoms with Crippen molar-refractivity contribution in [3.63, 3.8) is 0 Å². The fourth-order valence-corrected chi connectivity index (χ4v) is 2.28. The second-order valence-corrected chi connectivity index (χ2v) is 5.15. The largest absolute Gasteiger partial charge is 0.490 e. The van der Waals surface area contributed by atoms with Gasteiger partial charge in [-0.1, -0.05) is 20.8 Å². The minimum atomic E-state index is 0.188. The van der Waals surface area contributed by atoms with E-state index in [1.807, 2.05) is 25.1 Å². The molecule has 98 valence electrons. The number of rotatable bonds is 4. The van der Waals surface area contributed by atoms with Crippen LogP contribution >= 0.6 is 0 Å². The van der Waals surface area contributed by atoms with Crippen LogP contribution < -0.4 is 9.64 Å². The molecule has 0 bridgehead atoms. The van der Waals surface area contributed by atoms with Crippen LogP contribution in [0.2, 0.25) is 0 Å². The summed E-state index contributed by atoms with van der Waals surface area (Å²) in [5.41, 5.74) is 1.85.